The minimum absolute atomic E-state index is 0.313. The highest BCUT2D eigenvalue weighted by atomic mass is 79.9. The van der Waals surface area contributed by atoms with Gasteiger partial charge in [0.25, 0.3) is 0 Å². The number of hydrogen-bond acceptors (Lipinski definition) is 1. The van der Waals surface area contributed by atoms with Crippen LogP contribution in [0.15, 0.2) is 16.6 Å². The van der Waals surface area contributed by atoms with E-state index in [0.717, 1.165) is 27.9 Å². The highest BCUT2D eigenvalue weighted by Crippen LogP contribution is 2.38. The lowest BCUT2D eigenvalue weighted by Crippen LogP contribution is -1.91. The lowest BCUT2D eigenvalue weighted by atomic mass is 10.1. The molecule has 1 aliphatic rings. The van der Waals surface area contributed by atoms with Crippen molar-refractivity contribution in [1.29, 1.82) is 0 Å². The Morgan fingerprint density at radius 1 is 1.50 bits per heavy atom. The van der Waals surface area contributed by atoms with Crippen LogP contribution in [0.25, 0.3) is 0 Å². The number of aliphatic hydroxyl groups is 1. The molecule has 2 rings (SSSR count). The van der Waals surface area contributed by atoms with Crippen molar-refractivity contribution in [2.45, 2.75) is 18.9 Å². The number of fused-ring (bicyclic) bond motifs is 1. The zero-order chi connectivity index (χ0) is 8.72. The summed E-state index contributed by atoms with van der Waals surface area (Å²) in [7, 11) is 0. The normalized spacial score (nSPS) is 21.1. The summed E-state index contributed by atoms with van der Waals surface area (Å²) in [6.07, 6.45) is 1.43. The van der Waals surface area contributed by atoms with Crippen molar-refractivity contribution in [3.8, 4) is 0 Å². The van der Waals surface area contributed by atoms with Crippen LogP contribution in [0, 0.1) is 0 Å². The molecule has 12 heavy (non-hydrogen) atoms. The van der Waals surface area contributed by atoms with Crippen molar-refractivity contribution < 1.29 is 5.11 Å². The van der Waals surface area contributed by atoms with Gasteiger partial charge in [-0.2, -0.15) is 0 Å². The Balaban J connectivity index is 2.60. The third-order valence-corrected chi connectivity index (χ3v) is 3.07. The maximum atomic E-state index is 9.58. The second-order valence-electron chi connectivity index (χ2n) is 3.01. The van der Waals surface area contributed by atoms with Gasteiger partial charge in [-0.05, 0) is 36.1 Å². The van der Waals surface area contributed by atoms with E-state index in [-0.39, 0.29) is 6.10 Å². The largest absolute Gasteiger partial charge is 0.388 e. The predicted molar refractivity (Wildman–Crippen MR) is 52.4 cm³/mol. The second kappa shape index (κ2) is 3.02. The molecule has 0 saturated heterocycles. The van der Waals surface area contributed by atoms with Crippen molar-refractivity contribution in [1.82, 2.24) is 0 Å². The van der Waals surface area contributed by atoms with E-state index in [4.69, 9.17) is 11.6 Å². The lowest BCUT2D eigenvalue weighted by Gasteiger charge is -2.06. The smallest absolute Gasteiger partial charge is 0.0806 e. The quantitative estimate of drug-likeness (QED) is 0.747. The molecular formula is C9H8BrClO. The van der Waals surface area contributed by atoms with Crippen LogP contribution in [0.4, 0.5) is 0 Å². The Kier molecular flexibility index (Phi) is 2.15. The maximum absolute atomic E-state index is 9.58. The molecule has 0 fully saturated rings. The van der Waals surface area contributed by atoms with Gasteiger partial charge in [0.2, 0.25) is 0 Å². The molecule has 0 bridgehead atoms. The van der Waals surface area contributed by atoms with E-state index in [1.807, 2.05) is 12.1 Å². The molecular weight excluding hydrogens is 239 g/mol. The Labute approximate surface area is 84.5 Å². The summed E-state index contributed by atoms with van der Waals surface area (Å²) in [5.74, 6) is 0. The molecule has 1 aliphatic carbocycles. The topological polar surface area (TPSA) is 20.2 Å². The molecule has 1 N–H and O–H groups in total. The van der Waals surface area contributed by atoms with Gasteiger partial charge in [-0.25, -0.2) is 0 Å². The molecule has 0 aromatic heterocycles. The van der Waals surface area contributed by atoms with Crippen molar-refractivity contribution in [2.24, 2.45) is 0 Å². The first kappa shape index (κ1) is 8.54. The molecule has 3 heteroatoms. The van der Waals surface area contributed by atoms with Gasteiger partial charge in [-0.15, -0.1) is 0 Å². The zero-order valence-corrected chi connectivity index (χ0v) is 8.69. The summed E-state index contributed by atoms with van der Waals surface area (Å²) in [4.78, 5) is 0. The average Bonchev–Trinajstić information content (AvgIpc) is 2.31. The minimum Gasteiger partial charge on any atom is -0.388 e. The summed E-state index contributed by atoms with van der Waals surface area (Å²) in [5.41, 5.74) is 2.18. The van der Waals surface area contributed by atoms with Crippen LogP contribution in [0.5, 0.6) is 0 Å². The number of benzene rings is 1. The van der Waals surface area contributed by atoms with E-state index in [9.17, 15) is 5.11 Å². The Bertz CT molecular complexity index is 325. The van der Waals surface area contributed by atoms with E-state index in [2.05, 4.69) is 15.9 Å². The number of aliphatic hydroxyl groups excluding tert-OH is 1. The molecule has 1 unspecified atom stereocenters. The minimum atomic E-state index is -0.313. The number of rotatable bonds is 0. The average molecular weight is 248 g/mol. The fourth-order valence-electron chi connectivity index (χ4n) is 1.65. The van der Waals surface area contributed by atoms with E-state index < -0.39 is 0 Å². The van der Waals surface area contributed by atoms with Crippen LogP contribution in [0.2, 0.25) is 5.02 Å². The van der Waals surface area contributed by atoms with Crippen LogP contribution >= 0.6 is 27.5 Å². The molecule has 0 radical (unpaired) electrons. The third-order valence-electron chi connectivity index (χ3n) is 2.20. The highest BCUT2D eigenvalue weighted by Gasteiger charge is 2.22. The van der Waals surface area contributed by atoms with Gasteiger partial charge in [0.05, 0.1) is 6.10 Å². The SMILES string of the molecule is OC1CCc2cc(Cl)cc(Br)c21. The molecule has 0 aliphatic heterocycles. The van der Waals surface area contributed by atoms with Crippen molar-refractivity contribution >= 4 is 27.5 Å². The summed E-state index contributed by atoms with van der Waals surface area (Å²) in [6, 6.07) is 3.76. The Hall–Kier alpha value is -0.0500. The van der Waals surface area contributed by atoms with Crippen LogP contribution in [-0.2, 0) is 6.42 Å². The van der Waals surface area contributed by atoms with Crippen LogP contribution in [0.1, 0.15) is 23.7 Å². The summed E-state index contributed by atoms with van der Waals surface area (Å²) in [6.45, 7) is 0. The highest BCUT2D eigenvalue weighted by molar-refractivity contribution is 9.10. The molecule has 1 aromatic rings. The molecule has 0 heterocycles. The molecule has 1 atom stereocenters. The van der Waals surface area contributed by atoms with Gasteiger partial charge >= 0.3 is 0 Å². The van der Waals surface area contributed by atoms with Gasteiger partial charge in [0.15, 0.2) is 0 Å². The number of aryl methyl sites for hydroxylation is 1. The lowest BCUT2D eigenvalue weighted by molar-refractivity contribution is 0.179. The fourth-order valence-corrected chi connectivity index (χ4v) is 2.79. The summed E-state index contributed by atoms with van der Waals surface area (Å²) >= 11 is 9.26. The van der Waals surface area contributed by atoms with Gasteiger partial charge in [-0.1, -0.05) is 27.5 Å². The van der Waals surface area contributed by atoms with Gasteiger partial charge in [0, 0.05) is 9.50 Å². The fraction of sp³-hybridized carbons (Fsp3) is 0.333. The van der Waals surface area contributed by atoms with Crippen molar-refractivity contribution in [2.75, 3.05) is 0 Å². The van der Waals surface area contributed by atoms with Gasteiger partial charge in [-0.3, -0.25) is 0 Å². The van der Waals surface area contributed by atoms with Gasteiger partial charge < -0.3 is 5.11 Å². The first-order valence-corrected chi connectivity index (χ1v) is 5.01. The molecule has 0 saturated carbocycles. The molecule has 1 nitrogen and oxygen atoms in total. The van der Waals surface area contributed by atoms with E-state index in [0.29, 0.717) is 0 Å². The molecule has 1 aromatic carbocycles. The number of halogens is 2. The van der Waals surface area contributed by atoms with E-state index in [1.54, 1.807) is 0 Å². The van der Waals surface area contributed by atoms with E-state index in [1.165, 1.54) is 5.56 Å². The number of hydrogen-bond donors (Lipinski definition) is 1. The Morgan fingerprint density at radius 3 is 3.00 bits per heavy atom. The monoisotopic (exact) mass is 246 g/mol. The Morgan fingerprint density at radius 2 is 2.25 bits per heavy atom. The standard InChI is InChI=1S/C9H8BrClO/c10-7-4-6(11)3-5-1-2-8(12)9(5)7/h3-4,8,12H,1-2H2. The predicted octanol–water partition coefficient (Wildman–Crippen LogP) is 3.08. The van der Waals surface area contributed by atoms with Crippen LogP contribution in [-0.4, -0.2) is 5.11 Å². The maximum Gasteiger partial charge on any atom is 0.0806 e. The van der Waals surface area contributed by atoms with E-state index >= 15 is 0 Å². The van der Waals surface area contributed by atoms with Crippen molar-refractivity contribution in [3.63, 3.8) is 0 Å². The molecule has 0 spiro atoms. The molecule has 64 valence electrons. The zero-order valence-electron chi connectivity index (χ0n) is 6.35. The summed E-state index contributed by atoms with van der Waals surface area (Å²) in [5, 5.41) is 10.3. The third kappa shape index (κ3) is 1.28. The first-order chi connectivity index (χ1) is 5.68. The first-order valence-electron chi connectivity index (χ1n) is 3.84. The second-order valence-corrected chi connectivity index (χ2v) is 4.31. The molecule has 0 amide bonds. The van der Waals surface area contributed by atoms with Crippen LogP contribution < -0.4 is 0 Å². The van der Waals surface area contributed by atoms with Crippen molar-refractivity contribution in [3.05, 3.63) is 32.8 Å². The van der Waals surface area contributed by atoms with Crippen LogP contribution in [0.3, 0.4) is 0 Å². The van der Waals surface area contributed by atoms with Gasteiger partial charge in [0.1, 0.15) is 0 Å². The summed E-state index contributed by atoms with van der Waals surface area (Å²) < 4.78 is 0.926.